The Kier molecular flexibility index (Phi) is 14.8. The standard InChI is InChI=1S/2C27H31N3O5.CH5BS.CH2Cl2/c2*1-12-6-16-7-17-19(9-28)30-18(23(29(17)5)21(16)14(3)13(12)2)8-27(33)22(20(30)10-31)25-24(34-11-35-25)15(4)26(27)32;1-2-3;2-1-3/h2*6,17-20,23,31,33H,7-8,10-11H2,1-5H3;2-3H,1H3;1H2/t2*17-,18?,19-,20-,23-,27?;;/m00../s1/i31T;;2D;. The molecule has 0 radical (unpaired) electrons. The number of nitriles is 2. The number of aliphatic hydroxyl groups is 4. The third-order valence-corrected chi connectivity index (χ3v) is 18.5. The summed E-state index contributed by atoms with van der Waals surface area (Å²) >= 11 is 13.2. The summed E-state index contributed by atoms with van der Waals surface area (Å²) in [6.45, 7) is 17.0. The van der Waals surface area contributed by atoms with Crippen LogP contribution >= 0.6 is 35.7 Å². The monoisotopic (exact) mass is 1100 g/mol. The van der Waals surface area contributed by atoms with Crippen LogP contribution in [0.3, 0.4) is 0 Å². The number of rotatable bonds is 3. The summed E-state index contributed by atoms with van der Waals surface area (Å²) < 4.78 is 36.8. The molecule has 2 aromatic carbocycles. The maximum absolute atomic E-state index is 13.7. The van der Waals surface area contributed by atoms with Crippen LogP contribution in [0.2, 0.25) is 6.82 Å². The maximum atomic E-state index is 13.7. The fourth-order valence-corrected chi connectivity index (χ4v) is 14.9. The van der Waals surface area contributed by atoms with Gasteiger partial charge in [0.2, 0.25) is 15.0 Å². The first-order valence-corrected chi connectivity index (χ1v) is 27.4. The molecule has 12 atom stereocenters. The number of carbonyl (C=O) groups is 2. The lowest BCUT2D eigenvalue weighted by Gasteiger charge is -2.62. The number of halogens is 2. The van der Waals surface area contributed by atoms with Gasteiger partial charge in [0.1, 0.15) is 12.1 Å². The number of thiol groups is 1. The molecule has 6 saturated heterocycles. The first-order valence-electron chi connectivity index (χ1n) is 26.8. The van der Waals surface area contributed by atoms with Gasteiger partial charge in [-0.1, -0.05) is 19.0 Å². The number of aliphatic hydroxyl groups excluding tert-OH is 2. The Morgan fingerprint density at radius 3 is 1.41 bits per heavy atom. The van der Waals surface area contributed by atoms with E-state index in [1.807, 2.05) is 14.1 Å². The van der Waals surface area contributed by atoms with Gasteiger partial charge in [-0.15, -0.1) is 23.2 Å². The van der Waals surface area contributed by atoms with Crippen LogP contribution in [0.4, 0.5) is 0 Å². The number of ether oxygens (including phenoxy) is 4. The zero-order valence-electron chi connectivity index (χ0n) is 47.0. The second kappa shape index (κ2) is 21.0. The largest absolute Gasteiger partial charge is 0.453 e. The molecule has 20 heteroatoms. The van der Waals surface area contributed by atoms with Gasteiger partial charge in [-0.05, 0) is 139 Å². The van der Waals surface area contributed by atoms with Crippen molar-refractivity contribution in [2.75, 3.05) is 46.2 Å². The van der Waals surface area contributed by atoms with E-state index in [-0.39, 0.29) is 87.8 Å². The molecule has 6 fully saturated rings. The van der Waals surface area contributed by atoms with Crippen molar-refractivity contribution in [3.63, 3.8) is 0 Å². The summed E-state index contributed by atoms with van der Waals surface area (Å²) in [6, 6.07) is 5.88. The average molecular weight is 1100 g/mol. The molecule has 10 aliphatic rings. The number of hydrogen-bond acceptors (Lipinski definition) is 17. The number of ketones is 2. The van der Waals surface area contributed by atoms with Gasteiger partial charge in [-0.2, -0.15) is 10.5 Å². The third-order valence-electron chi connectivity index (χ3n) is 18.5. The molecule has 8 aliphatic heterocycles. The van der Waals surface area contributed by atoms with Crippen LogP contribution in [0.15, 0.2) is 57.5 Å². The van der Waals surface area contributed by atoms with E-state index in [0.717, 1.165) is 12.8 Å². The van der Waals surface area contributed by atoms with Crippen LogP contribution in [0.25, 0.3) is 0 Å². The quantitative estimate of drug-likeness (QED) is 0.153. The Bertz CT molecular complexity index is 3070. The lowest BCUT2D eigenvalue weighted by molar-refractivity contribution is -0.150. The second-order valence-electron chi connectivity index (χ2n) is 21.7. The highest BCUT2D eigenvalue weighted by molar-refractivity contribution is 8.06. The van der Waals surface area contributed by atoms with Gasteiger partial charge in [0.15, 0.2) is 52.3 Å². The van der Waals surface area contributed by atoms with Gasteiger partial charge in [-0.3, -0.25) is 29.2 Å². The molecule has 0 spiro atoms. The number of hydrogen-bond donors (Lipinski definition) is 5. The lowest BCUT2D eigenvalue weighted by atomic mass is 9.64. The molecule has 8 heterocycles. The number of benzene rings is 2. The lowest BCUT2D eigenvalue weighted by Crippen LogP contribution is -2.74. The molecule has 0 amide bonds. The summed E-state index contributed by atoms with van der Waals surface area (Å²) in [6.07, 6.45) is 1.67. The predicted molar refractivity (Wildman–Crippen MR) is 290 cm³/mol. The van der Waals surface area contributed by atoms with Gasteiger partial charge in [0.05, 0.1) is 54.9 Å². The first kappa shape index (κ1) is 53.6. The fraction of sp³-hybridized carbons (Fsp3) is 0.571. The van der Waals surface area contributed by atoms with E-state index < -0.39 is 46.9 Å². The van der Waals surface area contributed by atoms with Crippen molar-refractivity contribution < 1.29 is 49.0 Å². The predicted octanol–water partition coefficient (Wildman–Crippen LogP) is 5.13. The second-order valence-corrected chi connectivity index (χ2v) is 23.0. The Labute approximate surface area is 464 Å². The zero-order chi connectivity index (χ0) is 56.9. The summed E-state index contributed by atoms with van der Waals surface area (Å²) in [5.41, 5.74) is 9.91. The number of likely N-dealkylation sites (N-methyl/N-ethyl adjacent to an activating group) is 2. The van der Waals surface area contributed by atoms with Gasteiger partial charge < -0.3 is 39.4 Å². The van der Waals surface area contributed by atoms with Crippen LogP contribution in [0.5, 0.6) is 0 Å². The Morgan fingerprint density at radius 1 is 0.711 bits per heavy atom. The van der Waals surface area contributed by atoms with E-state index in [4.69, 9.17) is 50.0 Å². The Hall–Kier alpha value is -4.41. The molecule has 0 aromatic heterocycles. The molecule has 2 aliphatic carbocycles. The Morgan fingerprint density at radius 2 is 1.07 bits per heavy atom. The van der Waals surface area contributed by atoms with Gasteiger partial charge >= 0.3 is 0 Å². The molecule has 2 aromatic rings. The number of piperazine rings is 2. The maximum Gasteiger partial charge on any atom is 0.231 e. The minimum absolute atomic E-state index is 0.0443. The van der Waals surface area contributed by atoms with Crippen molar-refractivity contribution in [2.24, 2.45) is 0 Å². The van der Waals surface area contributed by atoms with Crippen LogP contribution in [-0.4, -0.2) is 167 Å². The van der Waals surface area contributed by atoms with Crippen molar-refractivity contribution in [1.29, 1.82) is 13.3 Å². The van der Waals surface area contributed by atoms with Crippen molar-refractivity contribution >= 4 is 53.8 Å². The summed E-state index contributed by atoms with van der Waals surface area (Å²) in [4.78, 5) is 36.0. The summed E-state index contributed by atoms with van der Waals surface area (Å²) in [7, 11) is 4.09. The zero-order valence-corrected chi connectivity index (χ0v) is 47.4. The van der Waals surface area contributed by atoms with Crippen LogP contribution in [0, 0.1) is 64.2 Å². The number of carbonyl (C=O) groups excluding carboxylic acids is 2. The fourth-order valence-electron chi connectivity index (χ4n) is 14.9. The molecular weight excluding hydrogens is 1030 g/mol. The number of fused-ring (bicyclic) bond motifs is 16. The SMILES string of the molecule is CC1=C2OCOC2=C2[C@H](CO)N3C(CC2(O)C1=O)[C@H]1c2c(cc(C)c(C)c2C)C[C@@H]([C@@H]3C#N)N1C.ClCCl.[2H]B(C)S.[3H]OC[C@H]1C2=C3OCOC3=C(C)C(=O)C2(O)CC2[C@H]3c4c(cc(C)c(C)c4C)C[C@@H]([C@H](C#N)N21)N3C. The molecule has 12 rings (SSSR count). The van der Waals surface area contributed by atoms with Gasteiger partial charge in [-0.25, -0.2) is 12.5 Å². The van der Waals surface area contributed by atoms with E-state index >= 15 is 0 Å². The molecular formula is C56H69BCl2N6O10S. The number of piperidine rings is 2. The normalized spacial score (nSPS) is 34.0. The molecule has 406 valence electrons. The average Bonchev–Trinajstić information content (AvgIpc) is 3.07. The number of alkyl halides is 2. The number of Topliss-reactive ketones (excluding diaryl/α,β-unsaturated/α-hetero) is 2. The minimum atomic E-state index is -1.83. The van der Waals surface area contributed by atoms with Crippen molar-refractivity contribution in [2.45, 2.75) is 160 Å². The molecule has 76 heavy (non-hydrogen) atoms. The summed E-state index contributed by atoms with van der Waals surface area (Å²) in [5.74, 6) is 0.526. The smallest absolute Gasteiger partial charge is 0.231 e. The molecule has 0 saturated carbocycles. The van der Waals surface area contributed by atoms with Crippen molar-refractivity contribution in [3.05, 3.63) is 113 Å². The molecule has 4 N–H and O–H groups in total. The molecule has 16 nitrogen and oxygen atoms in total. The van der Waals surface area contributed by atoms with Crippen LogP contribution < -0.4 is 0 Å². The minimum Gasteiger partial charge on any atom is -0.453 e. The van der Waals surface area contributed by atoms with E-state index in [2.05, 4.69) is 97.9 Å². The van der Waals surface area contributed by atoms with Crippen molar-refractivity contribution in [1.82, 2.24) is 19.6 Å². The highest BCUT2D eigenvalue weighted by Gasteiger charge is 2.66. The van der Waals surface area contributed by atoms with E-state index in [1.165, 1.54) is 55.6 Å². The van der Waals surface area contributed by atoms with E-state index in [0.29, 0.717) is 45.3 Å². The number of aryl methyl sites for hydroxylation is 2. The van der Waals surface area contributed by atoms with E-state index in [1.54, 1.807) is 20.7 Å². The van der Waals surface area contributed by atoms with Crippen LogP contribution in [0.1, 0.15) is 94.4 Å². The summed E-state index contributed by atoms with van der Waals surface area (Å²) in [5, 5.41) is 60.9. The Balaban J connectivity index is 0.000000170. The first-order chi connectivity index (χ1) is 36.9. The van der Waals surface area contributed by atoms with E-state index in [9.17, 15) is 35.4 Å². The number of nitrogens with zero attached hydrogens (tertiary/aromatic N) is 6. The van der Waals surface area contributed by atoms with Crippen molar-refractivity contribution in [3.8, 4) is 12.1 Å². The topological polar surface area (TPSA) is 213 Å². The highest BCUT2D eigenvalue weighted by atomic mass is 35.5. The molecule has 4 unspecified atom stereocenters. The third kappa shape index (κ3) is 8.06. The van der Waals surface area contributed by atoms with Gasteiger partial charge in [0.25, 0.3) is 0 Å². The highest BCUT2D eigenvalue weighted by Crippen LogP contribution is 2.57. The molecule has 4 bridgehead atoms. The van der Waals surface area contributed by atoms with Crippen LogP contribution in [-0.2, 0) is 41.4 Å². The van der Waals surface area contributed by atoms with Gasteiger partial charge in [0, 0.05) is 59.3 Å².